The van der Waals surface area contributed by atoms with Gasteiger partial charge in [0.15, 0.2) is 0 Å². The van der Waals surface area contributed by atoms with Crippen LogP contribution in [0.25, 0.3) is 16.3 Å². The van der Waals surface area contributed by atoms with Crippen LogP contribution in [0.3, 0.4) is 0 Å². The summed E-state index contributed by atoms with van der Waals surface area (Å²) in [6.45, 7) is 4.11. The number of nitrogens with zero attached hydrogens (tertiary/aromatic N) is 1. The van der Waals surface area contributed by atoms with Crippen LogP contribution in [0, 0.1) is 13.8 Å². The zero-order valence-electron chi connectivity index (χ0n) is 12.3. The zero-order chi connectivity index (χ0) is 15.9. The number of nitrogens with two attached hydrogens (primary N) is 1. The van der Waals surface area contributed by atoms with Crippen molar-refractivity contribution in [2.45, 2.75) is 18.7 Å². The molecule has 0 radical (unpaired) electrons. The second-order valence-corrected chi connectivity index (χ2v) is 7.77. The molecule has 22 heavy (non-hydrogen) atoms. The molecule has 3 aromatic rings. The fourth-order valence-corrected chi connectivity index (χ4v) is 3.79. The van der Waals surface area contributed by atoms with E-state index < -0.39 is 10.0 Å². The highest BCUT2D eigenvalue weighted by Crippen LogP contribution is 2.31. The fourth-order valence-electron chi connectivity index (χ4n) is 2.36. The van der Waals surface area contributed by atoms with Crippen LogP contribution in [0.2, 0.25) is 0 Å². The minimum Gasteiger partial charge on any atom is -0.315 e. The van der Waals surface area contributed by atoms with E-state index in [4.69, 9.17) is 5.14 Å². The molecule has 0 aliphatic heterocycles. The van der Waals surface area contributed by atoms with E-state index in [1.54, 1.807) is 23.5 Å². The first kappa shape index (κ1) is 15.0. The lowest BCUT2D eigenvalue weighted by Gasteiger charge is -2.08. The van der Waals surface area contributed by atoms with E-state index >= 15 is 0 Å². The third-order valence-electron chi connectivity index (χ3n) is 3.38. The Balaban J connectivity index is 2.09. The summed E-state index contributed by atoms with van der Waals surface area (Å²) in [5, 5.41) is 7.26. The predicted molar refractivity (Wildman–Crippen MR) is 89.9 cm³/mol. The molecule has 114 valence electrons. The average Bonchev–Trinajstić information content (AvgIpc) is 3.04. The van der Waals surface area contributed by atoms with Crippen LogP contribution >= 0.6 is 11.3 Å². The lowest BCUT2D eigenvalue weighted by Crippen LogP contribution is -2.12. The maximum absolute atomic E-state index is 11.3. The Hall–Kier alpha value is -1.89. The zero-order valence-corrected chi connectivity index (χ0v) is 13.9. The van der Waals surface area contributed by atoms with Crippen molar-refractivity contribution in [3.63, 3.8) is 0 Å². The van der Waals surface area contributed by atoms with Crippen molar-refractivity contribution >= 4 is 21.4 Å². The molecule has 2 N–H and O–H groups in total. The minimum absolute atomic E-state index is 0.119. The number of aryl methyl sites for hydroxylation is 2. The van der Waals surface area contributed by atoms with Gasteiger partial charge in [-0.05, 0) is 66.8 Å². The lowest BCUT2D eigenvalue weighted by molar-refractivity contribution is 0.598. The topological polar surface area (TPSA) is 65.1 Å². The van der Waals surface area contributed by atoms with Gasteiger partial charge in [-0.3, -0.25) is 0 Å². The summed E-state index contributed by atoms with van der Waals surface area (Å²) >= 11 is 1.70. The van der Waals surface area contributed by atoms with E-state index in [0.717, 1.165) is 16.9 Å². The van der Waals surface area contributed by atoms with Gasteiger partial charge in [0.05, 0.1) is 15.5 Å². The largest absolute Gasteiger partial charge is 0.315 e. The molecule has 0 unspecified atom stereocenters. The highest BCUT2D eigenvalue weighted by atomic mass is 32.2. The Bertz CT molecular complexity index is 919. The Morgan fingerprint density at radius 2 is 1.73 bits per heavy atom. The van der Waals surface area contributed by atoms with Gasteiger partial charge in [-0.15, -0.1) is 11.3 Å². The van der Waals surface area contributed by atoms with Crippen molar-refractivity contribution in [3.05, 3.63) is 59.1 Å². The molecule has 0 amide bonds. The fraction of sp³-hybridized carbons (Fsp3) is 0.125. The van der Waals surface area contributed by atoms with E-state index in [1.165, 1.54) is 22.6 Å². The SMILES string of the molecule is Cc1csc(-c2cc(C)cn2-c2ccc(S(N)(=O)=O)cc2)c1. The van der Waals surface area contributed by atoms with E-state index in [-0.39, 0.29) is 4.90 Å². The standard InChI is InChI=1S/C16H16N2O2S2/c1-11-7-15(16-8-12(2)10-21-16)18(9-11)13-3-5-14(6-4-13)22(17,19)20/h3-10H,1-2H3,(H2,17,19,20). The highest BCUT2D eigenvalue weighted by Gasteiger charge is 2.12. The van der Waals surface area contributed by atoms with Gasteiger partial charge >= 0.3 is 0 Å². The van der Waals surface area contributed by atoms with Crippen LogP contribution in [0.15, 0.2) is 52.9 Å². The Morgan fingerprint density at radius 3 is 2.27 bits per heavy atom. The van der Waals surface area contributed by atoms with Crippen molar-refractivity contribution in [3.8, 4) is 16.3 Å². The molecule has 0 aliphatic rings. The molecule has 0 fully saturated rings. The average molecular weight is 332 g/mol. The van der Waals surface area contributed by atoms with Gasteiger partial charge < -0.3 is 4.57 Å². The van der Waals surface area contributed by atoms with Crippen LogP contribution in [-0.4, -0.2) is 13.0 Å². The van der Waals surface area contributed by atoms with E-state index in [9.17, 15) is 8.42 Å². The van der Waals surface area contributed by atoms with E-state index in [1.807, 2.05) is 13.1 Å². The van der Waals surface area contributed by atoms with Crippen LogP contribution < -0.4 is 5.14 Å². The van der Waals surface area contributed by atoms with Crippen molar-refractivity contribution in [2.75, 3.05) is 0 Å². The van der Waals surface area contributed by atoms with Crippen molar-refractivity contribution < 1.29 is 8.42 Å². The maximum Gasteiger partial charge on any atom is 0.238 e. The molecule has 2 heterocycles. The smallest absolute Gasteiger partial charge is 0.238 e. The molecule has 6 heteroatoms. The van der Waals surface area contributed by atoms with E-state index in [0.29, 0.717) is 0 Å². The second kappa shape index (κ2) is 5.39. The van der Waals surface area contributed by atoms with Gasteiger partial charge in [-0.2, -0.15) is 0 Å². The number of aromatic nitrogens is 1. The number of sulfonamides is 1. The Morgan fingerprint density at radius 1 is 1.05 bits per heavy atom. The van der Waals surface area contributed by atoms with Crippen LogP contribution in [0.5, 0.6) is 0 Å². The van der Waals surface area contributed by atoms with Crippen molar-refractivity contribution in [2.24, 2.45) is 5.14 Å². The third-order valence-corrected chi connectivity index (χ3v) is 5.38. The molecule has 1 aromatic carbocycles. The number of hydrogen-bond acceptors (Lipinski definition) is 3. The molecule has 0 atom stereocenters. The molecular weight excluding hydrogens is 316 g/mol. The first-order valence-corrected chi connectivity index (χ1v) is 9.15. The van der Waals surface area contributed by atoms with Gasteiger partial charge in [-0.25, -0.2) is 13.6 Å². The Labute approximate surface area is 133 Å². The van der Waals surface area contributed by atoms with Gasteiger partial charge in [0.25, 0.3) is 0 Å². The van der Waals surface area contributed by atoms with Crippen LogP contribution in [-0.2, 0) is 10.0 Å². The predicted octanol–water partition coefficient (Wildman–Crippen LogP) is 3.47. The second-order valence-electron chi connectivity index (χ2n) is 5.30. The number of hydrogen-bond donors (Lipinski definition) is 1. The van der Waals surface area contributed by atoms with Crippen LogP contribution in [0.1, 0.15) is 11.1 Å². The molecule has 0 saturated carbocycles. The van der Waals surface area contributed by atoms with Crippen molar-refractivity contribution in [1.82, 2.24) is 4.57 Å². The van der Waals surface area contributed by atoms with Crippen molar-refractivity contribution in [1.29, 1.82) is 0 Å². The number of rotatable bonds is 3. The first-order valence-electron chi connectivity index (χ1n) is 6.72. The maximum atomic E-state index is 11.3. The molecule has 4 nitrogen and oxygen atoms in total. The Kier molecular flexibility index (Phi) is 3.68. The summed E-state index contributed by atoms with van der Waals surface area (Å²) in [5.41, 5.74) is 4.38. The first-order chi connectivity index (χ1) is 10.3. The molecule has 3 rings (SSSR count). The molecule has 0 saturated heterocycles. The summed E-state index contributed by atoms with van der Waals surface area (Å²) in [5.74, 6) is 0. The molecular formula is C16H16N2O2S2. The third kappa shape index (κ3) is 2.85. The highest BCUT2D eigenvalue weighted by molar-refractivity contribution is 7.89. The normalized spacial score (nSPS) is 11.8. The van der Waals surface area contributed by atoms with Crippen LogP contribution in [0.4, 0.5) is 0 Å². The monoisotopic (exact) mass is 332 g/mol. The number of benzene rings is 1. The summed E-state index contributed by atoms with van der Waals surface area (Å²) in [4.78, 5) is 1.30. The minimum atomic E-state index is -3.66. The van der Waals surface area contributed by atoms with Gasteiger partial charge in [-0.1, -0.05) is 0 Å². The number of primary sulfonamides is 1. The molecule has 2 aromatic heterocycles. The van der Waals surface area contributed by atoms with Gasteiger partial charge in [0, 0.05) is 11.9 Å². The lowest BCUT2D eigenvalue weighted by atomic mass is 10.2. The molecule has 0 aliphatic carbocycles. The number of thiophene rings is 1. The van der Waals surface area contributed by atoms with Gasteiger partial charge in [0.1, 0.15) is 0 Å². The summed E-state index contributed by atoms with van der Waals surface area (Å²) < 4.78 is 24.8. The quantitative estimate of drug-likeness (QED) is 0.798. The summed E-state index contributed by atoms with van der Waals surface area (Å²) in [6, 6.07) is 10.9. The molecule has 0 bridgehead atoms. The summed E-state index contributed by atoms with van der Waals surface area (Å²) in [6.07, 6.45) is 2.04. The molecule has 0 spiro atoms. The summed E-state index contributed by atoms with van der Waals surface area (Å²) in [7, 11) is -3.66. The van der Waals surface area contributed by atoms with Gasteiger partial charge in [0.2, 0.25) is 10.0 Å². The van der Waals surface area contributed by atoms with E-state index in [2.05, 4.69) is 29.0 Å².